The summed E-state index contributed by atoms with van der Waals surface area (Å²) in [4.78, 5) is 0. The van der Waals surface area contributed by atoms with Crippen LogP contribution in [0.1, 0.15) is 82.8 Å². The second-order valence-electron chi connectivity index (χ2n) is 7.44. The number of phenolic OH excluding ortho intramolecular Hbond substituents is 1. The third kappa shape index (κ3) is 7.28. The maximum Gasteiger partial charge on any atom is 0.172 e. The van der Waals surface area contributed by atoms with Crippen molar-refractivity contribution in [1.82, 2.24) is 0 Å². The molecule has 0 saturated heterocycles. The fraction of sp³-hybridized carbons (Fsp3) is 0.520. The number of aromatic hydroxyl groups is 1. The lowest BCUT2D eigenvalue weighted by Crippen LogP contribution is -2.00. The zero-order valence-corrected chi connectivity index (χ0v) is 17.2. The molecule has 0 fully saturated rings. The molecule has 0 bridgehead atoms. The number of para-hydroxylation sites is 1. The van der Waals surface area contributed by atoms with Crippen LogP contribution in [0.5, 0.6) is 17.2 Å². The van der Waals surface area contributed by atoms with Crippen molar-refractivity contribution in [2.75, 3.05) is 0 Å². The van der Waals surface area contributed by atoms with E-state index >= 15 is 0 Å². The first kappa shape index (κ1) is 21.3. The van der Waals surface area contributed by atoms with Gasteiger partial charge in [0.1, 0.15) is 5.75 Å². The summed E-state index contributed by atoms with van der Waals surface area (Å²) in [7, 11) is 0. The fourth-order valence-corrected chi connectivity index (χ4v) is 3.51. The lowest BCUT2D eigenvalue weighted by atomic mass is 9.95. The summed E-state index contributed by atoms with van der Waals surface area (Å²) in [6.45, 7) is 4.48. The van der Waals surface area contributed by atoms with E-state index < -0.39 is 0 Å². The minimum atomic E-state index is 0.247. The van der Waals surface area contributed by atoms with Gasteiger partial charge in [0, 0.05) is 5.56 Å². The lowest BCUT2D eigenvalue weighted by Gasteiger charge is -2.17. The summed E-state index contributed by atoms with van der Waals surface area (Å²) >= 11 is 0. The molecule has 2 heteroatoms. The van der Waals surface area contributed by atoms with Gasteiger partial charge in [-0.25, -0.2) is 0 Å². The molecule has 2 aromatic carbocycles. The Hall–Kier alpha value is -1.96. The molecule has 0 spiro atoms. The molecular weight excluding hydrogens is 332 g/mol. The molecule has 0 amide bonds. The Kier molecular flexibility index (Phi) is 9.83. The zero-order valence-electron chi connectivity index (χ0n) is 17.2. The molecule has 0 aliphatic rings. The van der Waals surface area contributed by atoms with Crippen LogP contribution in [0.4, 0.5) is 0 Å². The van der Waals surface area contributed by atoms with Crippen LogP contribution in [0, 0.1) is 0 Å². The highest BCUT2D eigenvalue weighted by Gasteiger charge is 2.15. The Morgan fingerprint density at radius 2 is 1.37 bits per heavy atom. The Bertz CT molecular complexity index is 649. The van der Waals surface area contributed by atoms with Crippen molar-refractivity contribution in [2.24, 2.45) is 0 Å². The van der Waals surface area contributed by atoms with Crippen LogP contribution in [-0.2, 0) is 12.8 Å². The van der Waals surface area contributed by atoms with Crippen LogP contribution in [0.15, 0.2) is 42.5 Å². The summed E-state index contributed by atoms with van der Waals surface area (Å²) in [6.07, 6.45) is 13.4. The van der Waals surface area contributed by atoms with Gasteiger partial charge in [0.05, 0.1) is 0 Å². The van der Waals surface area contributed by atoms with Crippen molar-refractivity contribution in [3.63, 3.8) is 0 Å². The molecule has 0 atom stereocenters. The minimum Gasteiger partial charge on any atom is -0.504 e. The van der Waals surface area contributed by atoms with Gasteiger partial charge >= 0.3 is 0 Å². The summed E-state index contributed by atoms with van der Waals surface area (Å²) in [5.74, 6) is 1.68. The van der Waals surface area contributed by atoms with Gasteiger partial charge in [0.15, 0.2) is 11.5 Å². The SMILES string of the molecule is CCCCCCCCCc1c(CCCC)ccc(O)c1Oc1ccccc1. The third-order valence-corrected chi connectivity index (χ3v) is 5.13. The number of rotatable bonds is 13. The lowest BCUT2D eigenvalue weighted by molar-refractivity contribution is 0.405. The van der Waals surface area contributed by atoms with Gasteiger partial charge in [-0.1, -0.05) is 83.1 Å². The summed E-state index contributed by atoms with van der Waals surface area (Å²) < 4.78 is 6.12. The molecule has 0 radical (unpaired) electrons. The molecule has 0 aromatic heterocycles. The van der Waals surface area contributed by atoms with E-state index in [4.69, 9.17) is 4.74 Å². The van der Waals surface area contributed by atoms with Crippen molar-refractivity contribution in [2.45, 2.75) is 84.5 Å². The van der Waals surface area contributed by atoms with Crippen LogP contribution in [0.2, 0.25) is 0 Å². The van der Waals surface area contributed by atoms with Crippen LogP contribution < -0.4 is 4.74 Å². The van der Waals surface area contributed by atoms with Crippen LogP contribution in [-0.4, -0.2) is 5.11 Å². The molecule has 1 N–H and O–H groups in total. The predicted octanol–water partition coefficient (Wildman–Crippen LogP) is 7.82. The van der Waals surface area contributed by atoms with Crippen molar-refractivity contribution in [3.05, 3.63) is 53.6 Å². The highest BCUT2D eigenvalue weighted by atomic mass is 16.5. The maximum atomic E-state index is 10.5. The van der Waals surface area contributed by atoms with E-state index in [-0.39, 0.29) is 5.75 Å². The molecule has 148 valence electrons. The Balaban J connectivity index is 2.08. The molecule has 0 aliphatic carbocycles. The standard InChI is InChI=1S/C25H36O2/c1-3-5-7-8-9-10-14-18-23-21(15-6-4-2)19-20-24(26)25(23)27-22-16-12-11-13-17-22/h11-13,16-17,19-20,26H,3-10,14-15,18H2,1-2H3. The van der Waals surface area contributed by atoms with E-state index in [0.717, 1.165) is 25.0 Å². The average Bonchev–Trinajstić information content (AvgIpc) is 2.69. The molecule has 27 heavy (non-hydrogen) atoms. The number of phenols is 1. The van der Waals surface area contributed by atoms with Crippen molar-refractivity contribution in [1.29, 1.82) is 0 Å². The highest BCUT2D eigenvalue weighted by Crippen LogP contribution is 2.38. The fourth-order valence-electron chi connectivity index (χ4n) is 3.51. The van der Waals surface area contributed by atoms with Crippen LogP contribution >= 0.6 is 0 Å². The number of hydrogen-bond acceptors (Lipinski definition) is 2. The number of aryl methyl sites for hydroxylation is 1. The highest BCUT2D eigenvalue weighted by molar-refractivity contribution is 5.52. The topological polar surface area (TPSA) is 29.5 Å². The third-order valence-electron chi connectivity index (χ3n) is 5.13. The van der Waals surface area contributed by atoms with E-state index in [1.807, 2.05) is 30.3 Å². The van der Waals surface area contributed by atoms with Gasteiger partial charge in [-0.2, -0.15) is 0 Å². The number of unbranched alkanes of at least 4 members (excludes halogenated alkanes) is 7. The first-order valence-corrected chi connectivity index (χ1v) is 10.8. The van der Waals surface area contributed by atoms with E-state index in [0.29, 0.717) is 5.75 Å². The van der Waals surface area contributed by atoms with E-state index in [1.165, 1.54) is 62.5 Å². The Morgan fingerprint density at radius 1 is 0.704 bits per heavy atom. The Morgan fingerprint density at radius 3 is 2.07 bits per heavy atom. The number of ether oxygens (including phenoxy) is 1. The molecule has 2 rings (SSSR count). The van der Waals surface area contributed by atoms with Gasteiger partial charge in [0.2, 0.25) is 0 Å². The molecule has 2 aromatic rings. The van der Waals surface area contributed by atoms with Gasteiger partial charge in [-0.15, -0.1) is 0 Å². The van der Waals surface area contributed by atoms with Crippen LogP contribution in [0.25, 0.3) is 0 Å². The predicted molar refractivity (Wildman–Crippen MR) is 115 cm³/mol. The number of benzene rings is 2. The van der Waals surface area contributed by atoms with Crippen molar-refractivity contribution in [3.8, 4) is 17.2 Å². The Labute approximate surface area is 165 Å². The first-order valence-electron chi connectivity index (χ1n) is 10.8. The molecule has 2 nitrogen and oxygen atoms in total. The van der Waals surface area contributed by atoms with E-state index in [1.54, 1.807) is 6.07 Å². The van der Waals surface area contributed by atoms with Crippen molar-refractivity contribution < 1.29 is 9.84 Å². The molecule has 0 heterocycles. The van der Waals surface area contributed by atoms with Gasteiger partial charge in [0.25, 0.3) is 0 Å². The summed E-state index contributed by atoms with van der Waals surface area (Å²) in [5.41, 5.74) is 2.52. The van der Waals surface area contributed by atoms with Gasteiger partial charge < -0.3 is 9.84 Å². The van der Waals surface area contributed by atoms with Gasteiger partial charge in [-0.05, 0) is 49.4 Å². The first-order chi connectivity index (χ1) is 13.3. The zero-order chi connectivity index (χ0) is 19.3. The summed E-state index contributed by atoms with van der Waals surface area (Å²) in [5, 5.41) is 10.5. The monoisotopic (exact) mass is 368 g/mol. The number of hydrogen-bond donors (Lipinski definition) is 1. The average molecular weight is 369 g/mol. The quantitative estimate of drug-likeness (QED) is 0.365. The molecule has 0 saturated carbocycles. The minimum absolute atomic E-state index is 0.247. The maximum absolute atomic E-state index is 10.5. The smallest absolute Gasteiger partial charge is 0.172 e. The second kappa shape index (κ2) is 12.4. The van der Waals surface area contributed by atoms with Crippen molar-refractivity contribution >= 4 is 0 Å². The molecule has 0 aliphatic heterocycles. The normalized spacial score (nSPS) is 10.9. The van der Waals surface area contributed by atoms with E-state index in [2.05, 4.69) is 19.9 Å². The molecule has 0 unspecified atom stereocenters. The molecular formula is C25H36O2. The van der Waals surface area contributed by atoms with Gasteiger partial charge in [-0.3, -0.25) is 0 Å². The summed E-state index contributed by atoms with van der Waals surface area (Å²) in [6, 6.07) is 13.7. The second-order valence-corrected chi connectivity index (χ2v) is 7.44. The van der Waals surface area contributed by atoms with Crippen LogP contribution in [0.3, 0.4) is 0 Å². The largest absolute Gasteiger partial charge is 0.504 e. The van der Waals surface area contributed by atoms with E-state index in [9.17, 15) is 5.11 Å².